The van der Waals surface area contributed by atoms with Crippen molar-refractivity contribution in [1.29, 1.82) is 0 Å². The van der Waals surface area contributed by atoms with Crippen LogP contribution >= 0.6 is 11.3 Å². The molecule has 0 aromatic carbocycles. The van der Waals surface area contributed by atoms with E-state index in [1.54, 1.807) is 19.0 Å². The molecule has 6 nitrogen and oxygen atoms in total. The second-order valence-corrected chi connectivity index (χ2v) is 6.50. The number of hydrogen-bond acceptors (Lipinski definition) is 4. The van der Waals surface area contributed by atoms with Gasteiger partial charge < -0.3 is 15.1 Å². The van der Waals surface area contributed by atoms with Gasteiger partial charge in [0.15, 0.2) is 0 Å². The van der Waals surface area contributed by atoms with Crippen LogP contribution in [-0.2, 0) is 9.59 Å². The summed E-state index contributed by atoms with van der Waals surface area (Å²) in [6, 6.07) is 3.68. The molecule has 0 radical (unpaired) electrons. The van der Waals surface area contributed by atoms with Gasteiger partial charge in [-0.15, -0.1) is 11.3 Å². The third-order valence-corrected chi connectivity index (χ3v) is 4.66. The molecule has 1 aliphatic rings. The fraction of sp³-hybridized carbons (Fsp3) is 0.533. The van der Waals surface area contributed by atoms with E-state index < -0.39 is 0 Å². The molecule has 0 bridgehead atoms. The van der Waals surface area contributed by atoms with Gasteiger partial charge in [-0.1, -0.05) is 6.07 Å². The van der Waals surface area contributed by atoms with Crippen molar-refractivity contribution < 1.29 is 14.4 Å². The number of carbonyl (C=O) groups excluding carboxylic acids is 3. The third-order valence-electron chi connectivity index (χ3n) is 3.80. The number of nitrogens with one attached hydrogen (secondary N) is 1. The van der Waals surface area contributed by atoms with E-state index >= 15 is 0 Å². The summed E-state index contributed by atoms with van der Waals surface area (Å²) in [6.07, 6.45) is 1.28. The molecular formula is C15H21N3O3S. The van der Waals surface area contributed by atoms with Crippen LogP contribution in [0, 0.1) is 5.92 Å². The van der Waals surface area contributed by atoms with Crippen molar-refractivity contribution in [3.05, 3.63) is 22.4 Å². The first kappa shape index (κ1) is 16.5. The van der Waals surface area contributed by atoms with Crippen LogP contribution in [0.5, 0.6) is 0 Å². The number of hydrogen-bond donors (Lipinski definition) is 1. The lowest BCUT2D eigenvalue weighted by Crippen LogP contribution is -2.44. The number of piperidine rings is 1. The second kappa shape index (κ2) is 7.40. The third kappa shape index (κ3) is 4.07. The maximum absolute atomic E-state index is 12.2. The predicted molar refractivity (Wildman–Crippen MR) is 84.7 cm³/mol. The molecule has 22 heavy (non-hydrogen) atoms. The van der Waals surface area contributed by atoms with Gasteiger partial charge in [0, 0.05) is 33.1 Å². The molecule has 3 amide bonds. The van der Waals surface area contributed by atoms with E-state index in [2.05, 4.69) is 5.32 Å². The van der Waals surface area contributed by atoms with Gasteiger partial charge in [0.05, 0.1) is 11.4 Å². The highest BCUT2D eigenvalue weighted by Crippen LogP contribution is 2.20. The molecule has 0 unspecified atom stereocenters. The molecule has 1 aromatic rings. The number of amides is 3. The molecule has 0 saturated carbocycles. The SMILES string of the molecule is CN(C)C(=O)CNC(=O)C1CCN(C(=O)c2cccs2)CC1. The van der Waals surface area contributed by atoms with Crippen molar-refractivity contribution >= 4 is 29.1 Å². The molecule has 0 aliphatic carbocycles. The minimum atomic E-state index is -0.126. The first-order valence-electron chi connectivity index (χ1n) is 7.29. The highest BCUT2D eigenvalue weighted by atomic mass is 32.1. The Balaban J connectivity index is 1.78. The smallest absolute Gasteiger partial charge is 0.263 e. The molecule has 1 fully saturated rings. The van der Waals surface area contributed by atoms with Gasteiger partial charge in [0.25, 0.3) is 5.91 Å². The average Bonchev–Trinajstić information content (AvgIpc) is 3.06. The fourth-order valence-corrected chi connectivity index (χ4v) is 3.06. The molecule has 2 heterocycles. The summed E-state index contributed by atoms with van der Waals surface area (Å²) >= 11 is 1.43. The number of likely N-dealkylation sites (N-methyl/N-ethyl adjacent to an activating group) is 1. The Morgan fingerprint density at radius 2 is 2.00 bits per heavy atom. The van der Waals surface area contributed by atoms with Crippen LogP contribution in [0.1, 0.15) is 22.5 Å². The van der Waals surface area contributed by atoms with E-state index in [4.69, 9.17) is 0 Å². The van der Waals surface area contributed by atoms with Crippen LogP contribution in [0.15, 0.2) is 17.5 Å². The maximum atomic E-state index is 12.2. The van der Waals surface area contributed by atoms with Gasteiger partial charge in [-0.05, 0) is 24.3 Å². The van der Waals surface area contributed by atoms with Crippen molar-refractivity contribution in [1.82, 2.24) is 15.1 Å². The lowest BCUT2D eigenvalue weighted by atomic mass is 9.96. The first-order chi connectivity index (χ1) is 10.5. The van der Waals surface area contributed by atoms with Gasteiger partial charge >= 0.3 is 0 Å². The molecule has 120 valence electrons. The maximum Gasteiger partial charge on any atom is 0.263 e. The molecular weight excluding hydrogens is 302 g/mol. The van der Waals surface area contributed by atoms with E-state index in [0.717, 1.165) is 4.88 Å². The van der Waals surface area contributed by atoms with E-state index in [0.29, 0.717) is 25.9 Å². The Bertz CT molecular complexity index is 534. The molecule has 0 atom stereocenters. The normalized spacial score (nSPS) is 15.5. The number of nitrogens with zero attached hydrogens (tertiary/aromatic N) is 2. The van der Waals surface area contributed by atoms with Gasteiger partial charge in [-0.25, -0.2) is 0 Å². The summed E-state index contributed by atoms with van der Waals surface area (Å²) in [5.74, 6) is -0.309. The summed E-state index contributed by atoms with van der Waals surface area (Å²) in [4.78, 5) is 39.7. The van der Waals surface area contributed by atoms with Gasteiger partial charge in [0.1, 0.15) is 0 Å². The zero-order valence-electron chi connectivity index (χ0n) is 12.9. The topological polar surface area (TPSA) is 69.7 Å². The minimum Gasteiger partial charge on any atom is -0.347 e. The van der Waals surface area contributed by atoms with Crippen LogP contribution in [0.4, 0.5) is 0 Å². The van der Waals surface area contributed by atoms with Gasteiger partial charge in [-0.3, -0.25) is 14.4 Å². The molecule has 0 spiro atoms. The number of likely N-dealkylation sites (tertiary alicyclic amines) is 1. The second-order valence-electron chi connectivity index (χ2n) is 5.55. The molecule has 2 rings (SSSR count). The largest absolute Gasteiger partial charge is 0.347 e. The zero-order valence-corrected chi connectivity index (χ0v) is 13.7. The Morgan fingerprint density at radius 1 is 1.32 bits per heavy atom. The van der Waals surface area contributed by atoms with Gasteiger partial charge in [0.2, 0.25) is 11.8 Å². The van der Waals surface area contributed by atoms with Gasteiger partial charge in [-0.2, -0.15) is 0 Å². The summed E-state index contributed by atoms with van der Waals surface area (Å²) < 4.78 is 0. The predicted octanol–water partition coefficient (Wildman–Crippen LogP) is 0.805. The summed E-state index contributed by atoms with van der Waals surface area (Å²) in [7, 11) is 3.31. The van der Waals surface area contributed by atoms with Crippen molar-refractivity contribution in [2.45, 2.75) is 12.8 Å². The quantitative estimate of drug-likeness (QED) is 0.891. The first-order valence-corrected chi connectivity index (χ1v) is 8.17. The van der Waals surface area contributed by atoms with Crippen LogP contribution < -0.4 is 5.32 Å². The Kier molecular flexibility index (Phi) is 5.54. The Hall–Kier alpha value is -1.89. The monoisotopic (exact) mass is 323 g/mol. The number of thiophene rings is 1. The van der Waals surface area contributed by atoms with Crippen LogP contribution in [0.2, 0.25) is 0 Å². The van der Waals surface area contributed by atoms with Crippen molar-refractivity contribution in [3.8, 4) is 0 Å². The van der Waals surface area contributed by atoms with E-state index in [1.807, 2.05) is 17.5 Å². The molecule has 1 aliphatic heterocycles. The fourth-order valence-electron chi connectivity index (χ4n) is 2.37. The van der Waals surface area contributed by atoms with Crippen LogP contribution in [0.3, 0.4) is 0 Å². The molecule has 7 heteroatoms. The van der Waals surface area contributed by atoms with E-state index in [-0.39, 0.29) is 30.2 Å². The Morgan fingerprint density at radius 3 is 2.55 bits per heavy atom. The molecule has 1 aromatic heterocycles. The highest BCUT2D eigenvalue weighted by molar-refractivity contribution is 7.12. The lowest BCUT2D eigenvalue weighted by Gasteiger charge is -2.31. The Labute approximate surface area is 134 Å². The zero-order chi connectivity index (χ0) is 16.1. The van der Waals surface area contributed by atoms with E-state index in [9.17, 15) is 14.4 Å². The highest BCUT2D eigenvalue weighted by Gasteiger charge is 2.28. The number of rotatable bonds is 4. The standard InChI is InChI=1S/C15H21N3O3S/c1-17(2)13(19)10-16-14(20)11-5-7-18(8-6-11)15(21)12-4-3-9-22-12/h3-4,9,11H,5-8,10H2,1-2H3,(H,16,20). The van der Waals surface area contributed by atoms with Crippen molar-refractivity contribution in [3.63, 3.8) is 0 Å². The summed E-state index contributed by atoms with van der Waals surface area (Å²) in [6.45, 7) is 1.19. The van der Waals surface area contributed by atoms with Crippen LogP contribution in [0.25, 0.3) is 0 Å². The lowest BCUT2D eigenvalue weighted by molar-refractivity contribution is -0.132. The molecule has 1 N–H and O–H groups in total. The molecule has 1 saturated heterocycles. The van der Waals surface area contributed by atoms with Crippen LogP contribution in [-0.4, -0.2) is 61.3 Å². The van der Waals surface area contributed by atoms with Crippen molar-refractivity contribution in [2.75, 3.05) is 33.7 Å². The van der Waals surface area contributed by atoms with Crippen molar-refractivity contribution in [2.24, 2.45) is 5.92 Å². The summed E-state index contributed by atoms with van der Waals surface area (Å²) in [5, 5.41) is 4.56. The summed E-state index contributed by atoms with van der Waals surface area (Å²) in [5.41, 5.74) is 0. The number of carbonyl (C=O) groups is 3. The van der Waals surface area contributed by atoms with E-state index in [1.165, 1.54) is 16.2 Å². The average molecular weight is 323 g/mol. The minimum absolute atomic E-state index is 0.0279.